The van der Waals surface area contributed by atoms with Crippen LogP contribution in [0.25, 0.3) is 0 Å². The van der Waals surface area contributed by atoms with Crippen molar-refractivity contribution in [1.29, 1.82) is 0 Å². The maximum atomic E-state index is 13.4. The van der Waals surface area contributed by atoms with E-state index in [1.807, 2.05) is 0 Å². The number of nitrogens with one attached hydrogen (secondary N) is 1. The van der Waals surface area contributed by atoms with Crippen LogP contribution in [0.15, 0.2) is 46.0 Å². The molecule has 0 atom stereocenters. The Labute approximate surface area is 122 Å². The SMILES string of the molecule is O=S(=O)(Nc1ccc(Cl)cc1Br)c1ncccc1F. The van der Waals surface area contributed by atoms with Crippen molar-refractivity contribution in [2.45, 2.75) is 5.03 Å². The fourth-order valence-corrected chi connectivity index (χ4v) is 3.34. The topological polar surface area (TPSA) is 59.1 Å². The molecule has 0 saturated carbocycles. The molecule has 19 heavy (non-hydrogen) atoms. The molecule has 0 bridgehead atoms. The fraction of sp³-hybridized carbons (Fsp3) is 0. The number of hydrogen-bond donors (Lipinski definition) is 1. The van der Waals surface area contributed by atoms with Crippen molar-refractivity contribution in [2.75, 3.05) is 4.72 Å². The molecule has 1 aromatic heterocycles. The highest BCUT2D eigenvalue weighted by Gasteiger charge is 2.21. The Balaban J connectivity index is 2.40. The van der Waals surface area contributed by atoms with Crippen LogP contribution in [0, 0.1) is 5.82 Å². The summed E-state index contributed by atoms with van der Waals surface area (Å²) in [5.41, 5.74) is 0.245. The molecule has 0 fully saturated rings. The van der Waals surface area contributed by atoms with Crippen LogP contribution < -0.4 is 4.72 Å². The predicted octanol–water partition coefficient (Wildman–Crippen LogP) is 3.44. The van der Waals surface area contributed by atoms with Crippen LogP contribution in [0.1, 0.15) is 0 Å². The highest BCUT2D eigenvalue weighted by molar-refractivity contribution is 9.10. The Hall–Kier alpha value is -1.18. The Morgan fingerprint density at radius 1 is 1.32 bits per heavy atom. The van der Waals surface area contributed by atoms with Crippen LogP contribution in [0.5, 0.6) is 0 Å². The molecule has 0 aliphatic heterocycles. The number of rotatable bonds is 3. The van der Waals surface area contributed by atoms with Gasteiger partial charge in [0.2, 0.25) is 5.03 Å². The van der Waals surface area contributed by atoms with Gasteiger partial charge in [-0.3, -0.25) is 4.72 Å². The maximum absolute atomic E-state index is 13.4. The van der Waals surface area contributed by atoms with Gasteiger partial charge in [-0.2, -0.15) is 8.42 Å². The number of sulfonamides is 1. The van der Waals surface area contributed by atoms with Gasteiger partial charge >= 0.3 is 0 Å². The number of hydrogen-bond acceptors (Lipinski definition) is 3. The first-order valence-corrected chi connectivity index (χ1v) is 7.64. The zero-order valence-electron chi connectivity index (χ0n) is 9.27. The first kappa shape index (κ1) is 14.2. The van der Waals surface area contributed by atoms with Gasteiger partial charge in [0.15, 0.2) is 5.82 Å². The summed E-state index contributed by atoms with van der Waals surface area (Å²) in [6.07, 6.45) is 1.20. The Morgan fingerprint density at radius 2 is 2.05 bits per heavy atom. The Morgan fingerprint density at radius 3 is 2.68 bits per heavy atom. The lowest BCUT2D eigenvalue weighted by Gasteiger charge is -2.09. The molecule has 100 valence electrons. The molecule has 0 aliphatic carbocycles. The fourth-order valence-electron chi connectivity index (χ4n) is 1.33. The largest absolute Gasteiger partial charge is 0.282 e. The van der Waals surface area contributed by atoms with Crippen LogP contribution in [0.2, 0.25) is 5.02 Å². The van der Waals surface area contributed by atoms with Gasteiger partial charge in [-0.1, -0.05) is 11.6 Å². The maximum Gasteiger partial charge on any atom is 0.282 e. The number of aromatic nitrogens is 1. The molecule has 0 amide bonds. The van der Waals surface area contributed by atoms with Crippen molar-refractivity contribution in [3.8, 4) is 0 Å². The van der Waals surface area contributed by atoms with E-state index in [1.165, 1.54) is 30.5 Å². The normalized spacial score (nSPS) is 11.3. The van der Waals surface area contributed by atoms with Gasteiger partial charge in [-0.25, -0.2) is 9.37 Å². The molecular weight excluding hydrogens is 359 g/mol. The minimum Gasteiger partial charge on any atom is -0.277 e. The summed E-state index contributed by atoms with van der Waals surface area (Å²) in [6, 6.07) is 6.84. The average Bonchev–Trinajstić information content (AvgIpc) is 2.33. The smallest absolute Gasteiger partial charge is 0.277 e. The van der Waals surface area contributed by atoms with Gasteiger partial charge in [-0.15, -0.1) is 0 Å². The van der Waals surface area contributed by atoms with E-state index in [0.29, 0.717) is 9.50 Å². The summed E-state index contributed by atoms with van der Waals surface area (Å²) in [7, 11) is -4.09. The van der Waals surface area contributed by atoms with Gasteiger partial charge in [0.1, 0.15) is 0 Å². The van der Waals surface area contributed by atoms with Gasteiger partial charge in [0.05, 0.1) is 5.69 Å². The van der Waals surface area contributed by atoms with Crippen molar-refractivity contribution in [1.82, 2.24) is 4.98 Å². The zero-order valence-corrected chi connectivity index (χ0v) is 12.4. The van der Waals surface area contributed by atoms with E-state index >= 15 is 0 Å². The van der Waals surface area contributed by atoms with Crippen molar-refractivity contribution in [3.63, 3.8) is 0 Å². The first-order valence-electron chi connectivity index (χ1n) is 4.98. The zero-order chi connectivity index (χ0) is 14.0. The van der Waals surface area contributed by atoms with E-state index in [4.69, 9.17) is 11.6 Å². The number of anilines is 1. The minimum atomic E-state index is -4.09. The molecule has 2 rings (SSSR count). The number of nitrogens with zero attached hydrogens (tertiary/aromatic N) is 1. The van der Waals surface area contributed by atoms with E-state index in [0.717, 1.165) is 6.07 Å². The van der Waals surface area contributed by atoms with Gasteiger partial charge in [0, 0.05) is 15.7 Å². The van der Waals surface area contributed by atoms with Crippen LogP contribution in [-0.4, -0.2) is 13.4 Å². The third kappa shape index (κ3) is 3.23. The second kappa shape index (κ2) is 5.44. The lowest BCUT2D eigenvalue weighted by Crippen LogP contribution is -2.16. The Kier molecular flexibility index (Phi) is 4.07. The first-order chi connectivity index (χ1) is 8.90. The highest BCUT2D eigenvalue weighted by atomic mass is 79.9. The van der Waals surface area contributed by atoms with Crippen molar-refractivity contribution < 1.29 is 12.8 Å². The van der Waals surface area contributed by atoms with Gasteiger partial charge in [0.25, 0.3) is 10.0 Å². The van der Waals surface area contributed by atoms with Crippen LogP contribution >= 0.6 is 27.5 Å². The second-order valence-corrected chi connectivity index (χ2v) is 6.41. The molecule has 1 N–H and O–H groups in total. The molecule has 0 spiro atoms. The Bertz CT molecular complexity index is 724. The molecule has 1 aromatic carbocycles. The highest BCUT2D eigenvalue weighted by Crippen LogP contribution is 2.28. The van der Waals surface area contributed by atoms with Gasteiger partial charge in [-0.05, 0) is 46.3 Å². The predicted molar refractivity (Wildman–Crippen MR) is 74.2 cm³/mol. The third-order valence-corrected chi connectivity index (χ3v) is 4.34. The van der Waals surface area contributed by atoms with E-state index in [2.05, 4.69) is 25.6 Å². The van der Waals surface area contributed by atoms with E-state index in [9.17, 15) is 12.8 Å². The van der Waals surface area contributed by atoms with E-state index < -0.39 is 20.9 Å². The molecule has 1 heterocycles. The third-order valence-electron chi connectivity index (χ3n) is 2.15. The summed E-state index contributed by atoms with van der Waals surface area (Å²) in [5.74, 6) is -0.917. The second-order valence-electron chi connectivity index (χ2n) is 3.52. The quantitative estimate of drug-likeness (QED) is 0.906. The average molecular weight is 366 g/mol. The standard InChI is InChI=1S/C11H7BrClFN2O2S/c12-8-6-7(13)3-4-10(8)16-19(17,18)11-9(14)2-1-5-15-11/h1-6,16H. The minimum absolute atomic E-state index is 0.245. The molecule has 0 saturated heterocycles. The summed E-state index contributed by atoms with van der Waals surface area (Å²) < 4.78 is 40.1. The van der Waals surface area contributed by atoms with Crippen LogP contribution in [-0.2, 0) is 10.0 Å². The molecule has 4 nitrogen and oxygen atoms in total. The summed E-state index contributed by atoms with van der Waals surface area (Å²) in [5, 5.41) is -0.212. The number of halogens is 3. The molecule has 0 radical (unpaired) electrons. The monoisotopic (exact) mass is 364 g/mol. The number of pyridine rings is 1. The van der Waals surface area contributed by atoms with E-state index in [1.54, 1.807) is 0 Å². The van der Waals surface area contributed by atoms with Gasteiger partial charge < -0.3 is 0 Å². The molecular formula is C11H7BrClFN2O2S. The summed E-state index contributed by atoms with van der Waals surface area (Å²) in [6.45, 7) is 0. The van der Waals surface area contributed by atoms with Crippen molar-refractivity contribution >= 4 is 43.2 Å². The molecule has 8 heteroatoms. The molecule has 2 aromatic rings. The van der Waals surface area contributed by atoms with Crippen molar-refractivity contribution in [2.24, 2.45) is 0 Å². The van der Waals surface area contributed by atoms with E-state index in [-0.39, 0.29) is 5.69 Å². The van der Waals surface area contributed by atoms with Crippen LogP contribution in [0.4, 0.5) is 10.1 Å². The number of benzene rings is 1. The lowest BCUT2D eigenvalue weighted by atomic mass is 10.3. The molecule has 0 aliphatic rings. The lowest BCUT2D eigenvalue weighted by molar-refractivity contribution is 0.557. The van der Waals surface area contributed by atoms with Crippen molar-refractivity contribution in [3.05, 3.63) is 51.8 Å². The summed E-state index contributed by atoms with van der Waals surface area (Å²) >= 11 is 8.92. The van der Waals surface area contributed by atoms with Crippen LogP contribution in [0.3, 0.4) is 0 Å². The summed E-state index contributed by atoms with van der Waals surface area (Å²) in [4.78, 5) is 3.53. The molecule has 0 unspecified atom stereocenters.